The normalized spacial score (nSPS) is 9.81. The summed E-state index contributed by atoms with van der Waals surface area (Å²) in [5, 5.41) is 26.3. The molecule has 1 heterocycles. The molecule has 0 aliphatic heterocycles. The molecule has 0 aliphatic rings. The van der Waals surface area contributed by atoms with Crippen LogP contribution in [0.15, 0.2) is 18.2 Å². The van der Waals surface area contributed by atoms with Gasteiger partial charge in [0.15, 0.2) is 0 Å². The van der Waals surface area contributed by atoms with Crippen LogP contribution >= 0.6 is 0 Å². The number of benzene rings is 1. The molecule has 80 valence electrons. The number of aliphatic hydroxyl groups is 1. The van der Waals surface area contributed by atoms with Gasteiger partial charge in [-0.2, -0.15) is 5.10 Å². The summed E-state index contributed by atoms with van der Waals surface area (Å²) in [7, 11) is 0. The summed E-state index contributed by atoms with van der Waals surface area (Å²) in [6.07, 6.45) is 0. The topological polar surface area (TPSA) is 92.0 Å². The van der Waals surface area contributed by atoms with Crippen molar-refractivity contribution in [3.63, 3.8) is 0 Å². The fourth-order valence-corrected chi connectivity index (χ4v) is 1.34. The maximum absolute atomic E-state index is 10.5. The van der Waals surface area contributed by atoms with E-state index in [2.05, 4.69) is 22.0 Å². The number of hydrogen-bond acceptors (Lipinski definition) is 4. The Labute approximate surface area is 90.1 Å². The Bertz CT molecular complexity index is 607. The van der Waals surface area contributed by atoms with Gasteiger partial charge in [0, 0.05) is 17.5 Å². The van der Waals surface area contributed by atoms with E-state index in [9.17, 15) is 10.1 Å². The van der Waals surface area contributed by atoms with E-state index in [1.54, 1.807) is 6.07 Å². The lowest BCUT2D eigenvalue weighted by molar-refractivity contribution is -0.384. The molecule has 0 unspecified atom stereocenters. The Balaban J connectivity index is 2.54. The van der Waals surface area contributed by atoms with Crippen LogP contribution in [0.3, 0.4) is 0 Å². The highest BCUT2D eigenvalue weighted by molar-refractivity contribution is 5.85. The van der Waals surface area contributed by atoms with Crippen LogP contribution in [-0.2, 0) is 0 Å². The van der Waals surface area contributed by atoms with Crippen molar-refractivity contribution in [3.05, 3.63) is 34.0 Å². The molecule has 0 fully saturated rings. The van der Waals surface area contributed by atoms with Crippen LogP contribution in [0.1, 0.15) is 5.69 Å². The first-order valence-corrected chi connectivity index (χ1v) is 4.44. The molecule has 0 aliphatic carbocycles. The molecule has 0 saturated heterocycles. The summed E-state index contributed by atoms with van der Waals surface area (Å²) in [6, 6.07) is 4.34. The molecule has 6 heteroatoms. The standard InChI is InChI=1S/C10H7N3O3/c14-5-1-2-9-8-4-3-7(13(15)16)6-10(8)12-11-9/h3-4,6,14H,5H2,(H,11,12). The zero-order chi connectivity index (χ0) is 11.5. The summed E-state index contributed by atoms with van der Waals surface area (Å²) in [6.45, 7) is -0.243. The number of non-ortho nitro benzene ring substituents is 1. The minimum atomic E-state index is -0.479. The van der Waals surface area contributed by atoms with Gasteiger partial charge in [-0.1, -0.05) is 5.92 Å². The SMILES string of the molecule is O=[N+]([O-])c1ccc2c(C#CCO)[nH]nc2c1. The fourth-order valence-electron chi connectivity index (χ4n) is 1.34. The Morgan fingerprint density at radius 1 is 1.56 bits per heavy atom. The lowest BCUT2D eigenvalue weighted by Gasteiger charge is -1.90. The van der Waals surface area contributed by atoms with Gasteiger partial charge in [0.05, 0.1) is 4.92 Å². The molecule has 16 heavy (non-hydrogen) atoms. The number of nitrogens with one attached hydrogen (secondary N) is 1. The average Bonchev–Trinajstić information content (AvgIpc) is 2.68. The van der Waals surface area contributed by atoms with E-state index in [-0.39, 0.29) is 12.3 Å². The molecule has 2 rings (SSSR count). The van der Waals surface area contributed by atoms with Crippen LogP contribution in [0.5, 0.6) is 0 Å². The number of nitro groups is 1. The molecule has 0 atom stereocenters. The first kappa shape index (κ1) is 10.1. The highest BCUT2D eigenvalue weighted by Gasteiger charge is 2.09. The van der Waals surface area contributed by atoms with Crippen molar-refractivity contribution in [1.82, 2.24) is 10.2 Å². The summed E-state index contributed by atoms with van der Waals surface area (Å²) in [5.74, 6) is 5.16. The number of aromatic amines is 1. The lowest BCUT2D eigenvalue weighted by atomic mass is 10.2. The quantitative estimate of drug-likeness (QED) is 0.420. The number of aromatic nitrogens is 2. The van der Waals surface area contributed by atoms with Crippen molar-refractivity contribution in [2.45, 2.75) is 0 Å². The third-order valence-corrected chi connectivity index (χ3v) is 2.04. The van der Waals surface area contributed by atoms with Gasteiger partial charge in [-0.25, -0.2) is 0 Å². The minimum Gasteiger partial charge on any atom is -0.384 e. The zero-order valence-electron chi connectivity index (χ0n) is 8.10. The van der Waals surface area contributed by atoms with Gasteiger partial charge in [-0.05, 0) is 12.0 Å². The van der Waals surface area contributed by atoms with Gasteiger partial charge >= 0.3 is 0 Å². The summed E-state index contributed by atoms with van der Waals surface area (Å²) >= 11 is 0. The van der Waals surface area contributed by atoms with Gasteiger partial charge < -0.3 is 5.11 Å². The number of hydrogen-bond donors (Lipinski definition) is 2. The molecule has 0 amide bonds. The average molecular weight is 217 g/mol. The van der Waals surface area contributed by atoms with E-state index < -0.39 is 4.92 Å². The van der Waals surface area contributed by atoms with E-state index in [0.29, 0.717) is 16.6 Å². The number of aliphatic hydroxyl groups excluding tert-OH is 1. The maximum atomic E-state index is 10.5. The summed E-state index contributed by atoms with van der Waals surface area (Å²) in [5.41, 5.74) is 1.01. The van der Waals surface area contributed by atoms with Gasteiger partial charge in [0.1, 0.15) is 17.8 Å². The minimum absolute atomic E-state index is 0.0133. The number of fused-ring (bicyclic) bond motifs is 1. The van der Waals surface area contributed by atoms with Gasteiger partial charge in [-0.15, -0.1) is 0 Å². The smallest absolute Gasteiger partial charge is 0.271 e. The predicted octanol–water partition coefficient (Wildman–Crippen LogP) is 0.815. The fraction of sp³-hybridized carbons (Fsp3) is 0.100. The number of nitro benzene ring substituents is 1. The molecule has 1 aromatic carbocycles. The zero-order valence-corrected chi connectivity index (χ0v) is 8.10. The molecule has 0 radical (unpaired) electrons. The molecule has 0 bridgehead atoms. The van der Waals surface area contributed by atoms with Crippen LogP contribution < -0.4 is 0 Å². The predicted molar refractivity (Wildman–Crippen MR) is 56.7 cm³/mol. The first-order valence-electron chi connectivity index (χ1n) is 4.44. The molecular weight excluding hydrogens is 210 g/mol. The van der Waals surface area contributed by atoms with Crippen molar-refractivity contribution >= 4 is 16.6 Å². The molecule has 0 spiro atoms. The second-order valence-corrected chi connectivity index (χ2v) is 3.02. The molecular formula is C10H7N3O3. The van der Waals surface area contributed by atoms with Crippen LogP contribution in [0.25, 0.3) is 10.9 Å². The molecule has 0 saturated carbocycles. The van der Waals surface area contributed by atoms with E-state index in [1.807, 2.05) is 0 Å². The second-order valence-electron chi connectivity index (χ2n) is 3.02. The van der Waals surface area contributed by atoms with Gasteiger partial charge in [-0.3, -0.25) is 15.2 Å². The third-order valence-electron chi connectivity index (χ3n) is 2.04. The van der Waals surface area contributed by atoms with E-state index >= 15 is 0 Å². The Hall–Kier alpha value is -2.39. The Morgan fingerprint density at radius 2 is 2.38 bits per heavy atom. The van der Waals surface area contributed by atoms with E-state index in [0.717, 1.165) is 0 Å². The van der Waals surface area contributed by atoms with Gasteiger partial charge in [0.25, 0.3) is 5.69 Å². The number of nitrogens with zero attached hydrogens (tertiary/aromatic N) is 2. The monoisotopic (exact) mass is 217 g/mol. The van der Waals surface area contributed by atoms with Crippen LogP contribution in [-0.4, -0.2) is 26.8 Å². The Morgan fingerprint density at radius 3 is 3.06 bits per heavy atom. The highest BCUT2D eigenvalue weighted by Crippen LogP contribution is 2.20. The van der Waals surface area contributed by atoms with Crippen molar-refractivity contribution in [2.24, 2.45) is 0 Å². The second kappa shape index (κ2) is 4.00. The van der Waals surface area contributed by atoms with E-state index in [4.69, 9.17) is 5.11 Å². The number of H-pyrrole nitrogens is 1. The highest BCUT2D eigenvalue weighted by atomic mass is 16.6. The van der Waals surface area contributed by atoms with Crippen molar-refractivity contribution in [3.8, 4) is 11.8 Å². The van der Waals surface area contributed by atoms with Crippen molar-refractivity contribution in [2.75, 3.05) is 6.61 Å². The molecule has 1 aromatic heterocycles. The number of rotatable bonds is 1. The van der Waals surface area contributed by atoms with Crippen LogP contribution in [0, 0.1) is 22.0 Å². The first-order chi connectivity index (χ1) is 7.72. The lowest BCUT2D eigenvalue weighted by Crippen LogP contribution is -1.86. The summed E-state index contributed by atoms with van der Waals surface area (Å²) in [4.78, 5) is 10.1. The van der Waals surface area contributed by atoms with Crippen LogP contribution in [0.2, 0.25) is 0 Å². The summed E-state index contributed by atoms with van der Waals surface area (Å²) < 4.78 is 0. The molecule has 2 N–H and O–H groups in total. The van der Waals surface area contributed by atoms with Gasteiger partial charge in [0.2, 0.25) is 0 Å². The molecule has 6 nitrogen and oxygen atoms in total. The van der Waals surface area contributed by atoms with Crippen LogP contribution in [0.4, 0.5) is 5.69 Å². The van der Waals surface area contributed by atoms with Crippen molar-refractivity contribution in [1.29, 1.82) is 0 Å². The largest absolute Gasteiger partial charge is 0.384 e. The third kappa shape index (κ3) is 1.71. The maximum Gasteiger partial charge on any atom is 0.271 e. The molecule has 2 aromatic rings. The van der Waals surface area contributed by atoms with E-state index in [1.165, 1.54) is 12.1 Å². The Kier molecular flexibility index (Phi) is 2.54. The van der Waals surface area contributed by atoms with Crippen molar-refractivity contribution < 1.29 is 10.0 Å².